The number of aromatic nitrogens is 2. The summed E-state index contributed by atoms with van der Waals surface area (Å²) in [6.07, 6.45) is 3.47. The Labute approximate surface area is 96.2 Å². The summed E-state index contributed by atoms with van der Waals surface area (Å²) in [6, 6.07) is 0. The highest BCUT2D eigenvalue weighted by Crippen LogP contribution is 2.03. The Bertz CT molecular complexity index is 290. The Morgan fingerprint density at radius 2 is 2.19 bits per heavy atom. The summed E-state index contributed by atoms with van der Waals surface area (Å²) in [6.45, 7) is 5.73. The normalized spacial score (nSPS) is 12.4. The molecule has 0 bridgehead atoms. The Kier molecular flexibility index (Phi) is 5.74. The molecule has 0 saturated carbocycles. The molecule has 1 heterocycles. The third kappa shape index (κ3) is 4.55. The van der Waals surface area contributed by atoms with E-state index in [1.54, 1.807) is 12.4 Å². The molecule has 0 radical (unpaired) electrons. The number of hydrogen-bond acceptors (Lipinski definition) is 5. The highest BCUT2D eigenvalue weighted by atomic mass is 16.5. The quantitative estimate of drug-likeness (QED) is 0.761. The van der Waals surface area contributed by atoms with Gasteiger partial charge in [-0.3, -0.25) is 4.98 Å². The van der Waals surface area contributed by atoms with Crippen LogP contribution < -0.4 is 5.32 Å². The summed E-state index contributed by atoms with van der Waals surface area (Å²) in [5.41, 5.74) is 0.822. The minimum atomic E-state index is 0.0747. The SMILES string of the molecule is CCOCC(C)OCc1cnc(NC)cn1. The van der Waals surface area contributed by atoms with Gasteiger partial charge in [0.15, 0.2) is 0 Å². The molecule has 0 amide bonds. The van der Waals surface area contributed by atoms with Crippen molar-refractivity contribution in [2.75, 3.05) is 25.6 Å². The number of hydrogen-bond donors (Lipinski definition) is 1. The summed E-state index contributed by atoms with van der Waals surface area (Å²) in [4.78, 5) is 8.36. The summed E-state index contributed by atoms with van der Waals surface area (Å²) < 4.78 is 10.8. The van der Waals surface area contributed by atoms with Crippen molar-refractivity contribution in [1.82, 2.24) is 9.97 Å². The molecule has 1 N–H and O–H groups in total. The average Bonchev–Trinajstić information content (AvgIpc) is 2.34. The molecule has 0 aliphatic heterocycles. The van der Waals surface area contributed by atoms with Crippen molar-refractivity contribution in [3.05, 3.63) is 18.1 Å². The Morgan fingerprint density at radius 1 is 1.38 bits per heavy atom. The highest BCUT2D eigenvalue weighted by Gasteiger charge is 2.03. The number of anilines is 1. The topological polar surface area (TPSA) is 56.3 Å². The van der Waals surface area contributed by atoms with Gasteiger partial charge in [-0.05, 0) is 13.8 Å². The molecule has 0 aromatic carbocycles. The summed E-state index contributed by atoms with van der Waals surface area (Å²) >= 11 is 0. The summed E-state index contributed by atoms with van der Waals surface area (Å²) in [5, 5.41) is 2.91. The van der Waals surface area contributed by atoms with Crippen molar-refractivity contribution >= 4 is 5.82 Å². The third-order valence-electron chi connectivity index (χ3n) is 2.03. The molecule has 1 rings (SSSR count). The van der Waals surface area contributed by atoms with E-state index in [9.17, 15) is 0 Å². The minimum absolute atomic E-state index is 0.0747. The van der Waals surface area contributed by atoms with Crippen molar-refractivity contribution in [1.29, 1.82) is 0 Å². The Balaban J connectivity index is 2.30. The third-order valence-corrected chi connectivity index (χ3v) is 2.03. The molecule has 0 fully saturated rings. The van der Waals surface area contributed by atoms with Crippen LogP contribution in [0.3, 0.4) is 0 Å². The molecule has 5 nitrogen and oxygen atoms in total. The van der Waals surface area contributed by atoms with Gasteiger partial charge in [0.2, 0.25) is 0 Å². The van der Waals surface area contributed by atoms with E-state index in [-0.39, 0.29) is 6.10 Å². The van der Waals surface area contributed by atoms with Crippen molar-refractivity contribution in [2.45, 2.75) is 26.6 Å². The number of rotatable bonds is 7. The molecule has 0 spiro atoms. The molecule has 0 aliphatic carbocycles. The molecule has 0 aliphatic rings. The maximum absolute atomic E-state index is 5.56. The zero-order valence-corrected chi connectivity index (χ0v) is 10.1. The van der Waals surface area contributed by atoms with Gasteiger partial charge < -0.3 is 14.8 Å². The number of ether oxygens (including phenoxy) is 2. The van der Waals surface area contributed by atoms with Gasteiger partial charge in [0.05, 0.1) is 37.4 Å². The molecule has 16 heavy (non-hydrogen) atoms. The fraction of sp³-hybridized carbons (Fsp3) is 0.636. The second-order valence-electron chi connectivity index (χ2n) is 3.42. The van der Waals surface area contributed by atoms with Crippen LogP contribution in [0.25, 0.3) is 0 Å². The van der Waals surface area contributed by atoms with E-state index in [2.05, 4.69) is 15.3 Å². The van der Waals surface area contributed by atoms with Gasteiger partial charge in [0.25, 0.3) is 0 Å². The fourth-order valence-corrected chi connectivity index (χ4v) is 1.12. The van der Waals surface area contributed by atoms with Crippen LogP contribution in [0.1, 0.15) is 19.5 Å². The van der Waals surface area contributed by atoms with Gasteiger partial charge in [-0.15, -0.1) is 0 Å². The zero-order chi connectivity index (χ0) is 11.8. The molecule has 0 saturated heterocycles. The van der Waals surface area contributed by atoms with E-state index in [0.717, 1.165) is 11.5 Å². The van der Waals surface area contributed by atoms with Crippen molar-refractivity contribution < 1.29 is 9.47 Å². The van der Waals surface area contributed by atoms with Crippen LogP contribution in [-0.2, 0) is 16.1 Å². The molecule has 1 aromatic rings. The van der Waals surface area contributed by atoms with E-state index in [1.165, 1.54) is 0 Å². The smallest absolute Gasteiger partial charge is 0.144 e. The molecule has 1 unspecified atom stereocenters. The van der Waals surface area contributed by atoms with Crippen LogP contribution in [0.4, 0.5) is 5.82 Å². The summed E-state index contributed by atoms with van der Waals surface area (Å²) in [5.74, 6) is 0.756. The van der Waals surface area contributed by atoms with Crippen LogP contribution in [-0.4, -0.2) is 36.3 Å². The van der Waals surface area contributed by atoms with Gasteiger partial charge in [0, 0.05) is 13.7 Å². The fourth-order valence-electron chi connectivity index (χ4n) is 1.12. The maximum atomic E-state index is 5.56. The summed E-state index contributed by atoms with van der Waals surface area (Å²) in [7, 11) is 1.81. The lowest BCUT2D eigenvalue weighted by molar-refractivity contribution is -0.0128. The standard InChI is InChI=1S/C11H19N3O2/c1-4-15-7-9(2)16-8-10-5-14-11(12-3)6-13-10/h5-6,9H,4,7-8H2,1-3H3,(H,12,14). The van der Waals surface area contributed by atoms with E-state index in [0.29, 0.717) is 19.8 Å². The van der Waals surface area contributed by atoms with Gasteiger partial charge in [-0.25, -0.2) is 4.98 Å². The van der Waals surface area contributed by atoms with Crippen molar-refractivity contribution in [3.63, 3.8) is 0 Å². The lowest BCUT2D eigenvalue weighted by Gasteiger charge is -2.12. The molecular formula is C11H19N3O2. The van der Waals surface area contributed by atoms with Gasteiger partial charge in [-0.2, -0.15) is 0 Å². The van der Waals surface area contributed by atoms with Crippen LogP contribution in [0.15, 0.2) is 12.4 Å². The Morgan fingerprint density at radius 3 is 2.75 bits per heavy atom. The van der Waals surface area contributed by atoms with E-state index >= 15 is 0 Å². The average molecular weight is 225 g/mol. The van der Waals surface area contributed by atoms with Crippen molar-refractivity contribution in [3.8, 4) is 0 Å². The van der Waals surface area contributed by atoms with Gasteiger partial charge in [-0.1, -0.05) is 0 Å². The van der Waals surface area contributed by atoms with E-state index in [1.807, 2.05) is 20.9 Å². The first-order valence-corrected chi connectivity index (χ1v) is 5.44. The molecule has 1 atom stereocenters. The first-order chi connectivity index (χ1) is 7.76. The first-order valence-electron chi connectivity index (χ1n) is 5.44. The van der Waals surface area contributed by atoms with Crippen molar-refractivity contribution in [2.24, 2.45) is 0 Å². The van der Waals surface area contributed by atoms with Crippen LogP contribution in [0.5, 0.6) is 0 Å². The monoisotopic (exact) mass is 225 g/mol. The Hall–Kier alpha value is -1.20. The second-order valence-corrected chi connectivity index (χ2v) is 3.42. The molecule has 5 heteroatoms. The van der Waals surface area contributed by atoms with Gasteiger partial charge in [0.1, 0.15) is 5.82 Å². The molecule has 90 valence electrons. The molecular weight excluding hydrogens is 206 g/mol. The van der Waals surface area contributed by atoms with Crippen LogP contribution in [0.2, 0.25) is 0 Å². The number of nitrogens with zero attached hydrogens (tertiary/aromatic N) is 2. The predicted octanol–water partition coefficient (Wildman–Crippen LogP) is 1.46. The zero-order valence-electron chi connectivity index (χ0n) is 10.1. The van der Waals surface area contributed by atoms with Gasteiger partial charge >= 0.3 is 0 Å². The first kappa shape index (κ1) is 12.9. The lowest BCUT2D eigenvalue weighted by atomic mass is 10.4. The molecule has 1 aromatic heterocycles. The largest absolute Gasteiger partial charge is 0.379 e. The predicted molar refractivity (Wildman–Crippen MR) is 62.3 cm³/mol. The second kappa shape index (κ2) is 7.14. The number of nitrogens with one attached hydrogen (secondary N) is 1. The maximum Gasteiger partial charge on any atom is 0.144 e. The van der Waals surface area contributed by atoms with E-state index < -0.39 is 0 Å². The van der Waals surface area contributed by atoms with Crippen LogP contribution >= 0.6 is 0 Å². The van der Waals surface area contributed by atoms with Crippen LogP contribution in [0, 0.1) is 0 Å². The minimum Gasteiger partial charge on any atom is -0.379 e. The van der Waals surface area contributed by atoms with E-state index in [4.69, 9.17) is 9.47 Å². The lowest BCUT2D eigenvalue weighted by Crippen LogP contribution is -2.16. The highest BCUT2D eigenvalue weighted by molar-refractivity contribution is 5.29.